The molecule has 0 saturated carbocycles. The van der Waals surface area contributed by atoms with Gasteiger partial charge in [0.15, 0.2) is 0 Å². The monoisotopic (exact) mass is 428 g/mol. The fourth-order valence-corrected chi connectivity index (χ4v) is 4.26. The van der Waals surface area contributed by atoms with Gasteiger partial charge in [-0.05, 0) is 29.5 Å². The second kappa shape index (κ2) is 10.2. The largest absolute Gasteiger partial charge is 0.368 e. The van der Waals surface area contributed by atoms with Crippen LogP contribution >= 0.6 is 23.1 Å². The number of thiophene rings is 1. The van der Waals surface area contributed by atoms with E-state index in [1.54, 1.807) is 16.2 Å². The Kier molecular flexibility index (Phi) is 7.42. The lowest BCUT2D eigenvalue weighted by Gasteiger charge is -2.16. The zero-order chi connectivity index (χ0) is 20.6. The van der Waals surface area contributed by atoms with E-state index in [2.05, 4.69) is 33.3 Å². The molecule has 0 aliphatic rings. The Labute approximate surface area is 178 Å². The third kappa shape index (κ3) is 6.16. The molecule has 2 aromatic heterocycles. The van der Waals surface area contributed by atoms with Crippen molar-refractivity contribution >= 4 is 46.6 Å². The maximum absolute atomic E-state index is 12.3. The molecule has 0 radical (unpaired) electrons. The Morgan fingerprint density at radius 1 is 1.21 bits per heavy atom. The number of nitrogen functional groups attached to an aromatic ring is 1. The molecule has 3 aromatic rings. The van der Waals surface area contributed by atoms with Gasteiger partial charge in [0.05, 0.1) is 18.1 Å². The third-order valence-corrected chi connectivity index (χ3v) is 5.97. The maximum Gasteiger partial charge on any atom is 0.232 e. The quantitative estimate of drug-likeness (QED) is 0.536. The van der Waals surface area contributed by atoms with E-state index < -0.39 is 0 Å². The van der Waals surface area contributed by atoms with Crippen molar-refractivity contribution < 1.29 is 4.79 Å². The topological polar surface area (TPSA) is 97.0 Å². The summed E-state index contributed by atoms with van der Waals surface area (Å²) in [5, 5.41) is 5.23. The molecular weight excluding hydrogens is 404 g/mol. The van der Waals surface area contributed by atoms with Crippen LogP contribution in [-0.2, 0) is 23.5 Å². The molecule has 0 saturated heterocycles. The summed E-state index contributed by atoms with van der Waals surface area (Å²) in [6.45, 7) is 2.72. The number of hydrogen-bond acceptors (Lipinski definition) is 8. The van der Waals surface area contributed by atoms with E-state index in [0.29, 0.717) is 29.8 Å². The van der Waals surface area contributed by atoms with Crippen molar-refractivity contribution in [3.63, 3.8) is 0 Å². The highest BCUT2D eigenvalue weighted by Crippen LogP contribution is 2.20. The second-order valence-electron chi connectivity index (χ2n) is 6.39. The van der Waals surface area contributed by atoms with Crippen molar-refractivity contribution in [2.75, 3.05) is 23.9 Å². The molecule has 9 heteroatoms. The number of nitrogens with one attached hydrogen (secondary N) is 1. The summed E-state index contributed by atoms with van der Waals surface area (Å²) in [7, 11) is 1.82. The Balaban J connectivity index is 1.56. The first-order chi connectivity index (χ1) is 14.0. The lowest BCUT2D eigenvalue weighted by atomic mass is 10.1. The maximum atomic E-state index is 12.3. The van der Waals surface area contributed by atoms with Crippen LogP contribution in [0, 0.1) is 0 Å². The predicted molar refractivity (Wildman–Crippen MR) is 120 cm³/mol. The van der Waals surface area contributed by atoms with Crippen molar-refractivity contribution in [2.45, 2.75) is 25.6 Å². The molecule has 0 unspecified atom stereocenters. The first kappa shape index (κ1) is 21.1. The highest BCUT2D eigenvalue weighted by Gasteiger charge is 2.12. The van der Waals surface area contributed by atoms with Crippen molar-refractivity contribution in [2.24, 2.45) is 0 Å². The molecular formula is C20H24N6OS2. The van der Waals surface area contributed by atoms with E-state index in [4.69, 9.17) is 5.73 Å². The standard InChI is InChI=1S/C20H24N6OS2/c1-3-14-7-4-5-9-16(14)22-20-24-17(23-19(21)25-20)12-28-13-18(27)26(2)11-15-8-6-10-29-15/h4-10H,3,11-13H2,1-2H3,(H3,21,22,23,24,25). The summed E-state index contributed by atoms with van der Waals surface area (Å²) in [6, 6.07) is 12.0. The first-order valence-corrected chi connectivity index (χ1v) is 11.3. The molecule has 0 bridgehead atoms. The van der Waals surface area contributed by atoms with E-state index in [9.17, 15) is 4.79 Å². The average molecular weight is 429 g/mol. The van der Waals surface area contributed by atoms with Gasteiger partial charge in [-0.2, -0.15) is 15.0 Å². The molecule has 1 aromatic carbocycles. The highest BCUT2D eigenvalue weighted by atomic mass is 32.2. The molecule has 3 N–H and O–H groups in total. The van der Waals surface area contributed by atoms with Gasteiger partial charge >= 0.3 is 0 Å². The SMILES string of the molecule is CCc1ccccc1Nc1nc(N)nc(CSCC(=O)N(C)Cc2cccs2)n1. The Morgan fingerprint density at radius 2 is 2.03 bits per heavy atom. The number of aromatic nitrogens is 3. The number of benzene rings is 1. The number of anilines is 3. The van der Waals surface area contributed by atoms with Crippen LogP contribution in [0.15, 0.2) is 41.8 Å². The Morgan fingerprint density at radius 3 is 2.79 bits per heavy atom. The minimum Gasteiger partial charge on any atom is -0.368 e. The van der Waals surface area contributed by atoms with Gasteiger partial charge in [0, 0.05) is 17.6 Å². The summed E-state index contributed by atoms with van der Waals surface area (Å²) >= 11 is 3.11. The van der Waals surface area contributed by atoms with Gasteiger partial charge in [-0.25, -0.2) is 0 Å². The second-order valence-corrected chi connectivity index (χ2v) is 8.41. The van der Waals surface area contributed by atoms with Crippen LogP contribution in [0.3, 0.4) is 0 Å². The number of carbonyl (C=O) groups is 1. The van der Waals surface area contributed by atoms with Crippen LogP contribution in [0.1, 0.15) is 23.2 Å². The fraction of sp³-hybridized carbons (Fsp3) is 0.300. The van der Waals surface area contributed by atoms with Crippen LogP contribution in [-0.4, -0.2) is 38.6 Å². The average Bonchev–Trinajstić information content (AvgIpc) is 3.21. The molecule has 0 spiro atoms. The number of aryl methyl sites for hydroxylation is 1. The normalized spacial score (nSPS) is 10.7. The van der Waals surface area contributed by atoms with Gasteiger partial charge in [0.1, 0.15) is 5.82 Å². The number of carbonyl (C=O) groups excluding carboxylic acids is 1. The summed E-state index contributed by atoms with van der Waals surface area (Å²) < 4.78 is 0. The highest BCUT2D eigenvalue weighted by molar-refractivity contribution is 7.99. The van der Waals surface area contributed by atoms with Crippen LogP contribution in [0.25, 0.3) is 0 Å². The van der Waals surface area contributed by atoms with Gasteiger partial charge in [-0.1, -0.05) is 31.2 Å². The van der Waals surface area contributed by atoms with Crippen molar-refractivity contribution in [3.8, 4) is 0 Å². The van der Waals surface area contributed by atoms with E-state index in [1.165, 1.54) is 22.2 Å². The summed E-state index contributed by atoms with van der Waals surface area (Å²) in [5.41, 5.74) is 7.97. The van der Waals surface area contributed by atoms with E-state index in [0.717, 1.165) is 12.1 Å². The number of hydrogen-bond donors (Lipinski definition) is 2. The molecule has 3 rings (SSSR count). The van der Waals surface area contributed by atoms with Gasteiger partial charge in [0.25, 0.3) is 0 Å². The number of rotatable bonds is 9. The van der Waals surface area contributed by atoms with Crippen LogP contribution in [0.5, 0.6) is 0 Å². The van der Waals surface area contributed by atoms with Crippen molar-refractivity contribution in [3.05, 3.63) is 58.0 Å². The minimum absolute atomic E-state index is 0.0700. The molecule has 29 heavy (non-hydrogen) atoms. The zero-order valence-electron chi connectivity index (χ0n) is 16.5. The van der Waals surface area contributed by atoms with Crippen LogP contribution < -0.4 is 11.1 Å². The van der Waals surface area contributed by atoms with Crippen LogP contribution in [0.2, 0.25) is 0 Å². The number of nitrogens with two attached hydrogens (primary N) is 1. The molecule has 152 valence electrons. The molecule has 0 atom stereocenters. The van der Waals surface area contributed by atoms with Crippen molar-refractivity contribution in [1.29, 1.82) is 0 Å². The lowest BCUT2D eigenvalue weighted by molar-refractivity contribution is -0.127. The van der Waals surface area contributed by atoms with E-state index in [1.807, 2.05) is 42.8 Å². The number of amides is 1. The summed E-state index contributed by atoms with van der Waals surface area (Å²) in [6.07, 6.45) is 0.896. The number of para-hydroxylation sites is 1. The van der Waals surface area contributed by atoms with Gasteiger partial charge in [-0.15, -0.1) is 23.1 Å². The molecule has 0 aliphatic carbocycles. The van der Waals surface area contributed by atoms with Gasteiger partial charge < -0.3 is 16.0 Å². The smallest absolute Gasteiger partial charge is 0.232 e. The van der Waals surface area contributed by atoms with Gasteiger partial charge in [0.2, 0.25) is 17.8 Å². The summed E-state index contributed by atoms with van der Waals surface area (Å²) in [4.78, 5) is 28.0. The Bertz CT molecular complexity index is 948. The number of thioether (sulfide) groups is 1. The lowest BCUT2D eigenvalue weighted by Crippen LogP contribution is -2.27. The number of nitrogens with zero attached hydrogens (tertiary/aromatic N) is 4. The first-order valence-electron chi connectivity index (χ1n) is 9.24. The zero-order valence-corrected chi connectivity index (χ0v) is 18.1. The molecule has 7 nitrogen and oxygen atoms in total. The summed E-state index contributed by atoms with van der Waals surface area (Å²) in [5.74, 6) is 2.03. The molecule has 2 heterocycles. The minimum atomic E-state index is 0.0700. The van der Waals surface area contributed by atoms with Crippen molar-refractivity contribution in [1.82, 2.24) is 19.9 Å². The van der Waals surface area contributed by atoms with Crippen LogP contribution in [0.4, 0.5) is 17.6 Å². The molecule has 1 amide bonds. The van der Waals surface area contributed by atoms with Gasteiger partial charge in [-0.3, -0.25) is 4.79 Å². The van der Waals surface area contributed by atoms with E-state index >= 15 is 0 Å². The molecule has 0 fully saturated rings. The van der Waals surface area contributed by atoms with E-state index in [-0.39, 0.29) is 11.9 Å². The Hall–Kier alpha value is -2.65. The fourth-order valence-electron chi connectivity index (χ4n) is 2.69. The molecule has 0 aliphatic heterocycles. The third-order valence-electron chi connectivity index (χ3n) is 4.20. The predicted octanol–water partition coefficient (Wildman–Crippen LogP) is 3.71.